The number of anilines is 1. The zero-order chi connectivity index (χ0) is 20.5. The van der Waals surface area contributed by atoms with Crippen LogP contribution in [0, 0.1) is 6.92 Å². The van der Waals surface area contributed by atoms with Gasteiger partial charge in [0, 0.05) is 10.6 Å². The number of nitrogens with one attached hydrogen (secondary N) is 1. The molecule has 2 heterocycles. The van der Waals surface area contributed by atoms with Crippen molar-refractivity contribution in [1.29, 1.82) is 0 Å². The van der Waals surface area contributed by atoms with E-state index >= 15 is 0 Å². The van der Waals surface area contributed by atoms with Gasteiger partial charge in [-0.3, -0.25) is 14.9 Å². The van der Waals surface area contributed by atoms with Crippen LogP contribution < -0.4 is 10.2 Å². The minimum absolute atomic E-state index is 0.192. The van der Waals surface area contributed by atoms with E-state index in [2.05, 4.69) is 5.32 Å². The van der Waals surface area contributed by atoms with Gasteiger partial charge in [0.1, 0.15) is 17.1 Å². The maximum atomic E-state index is 12.9. The fourth-order valence-electron chi connectivity index (χ4n) is 2.93. The Balaban J connectivity index is 1.66. The fraction of sp³-hybridized carbons (Fsp3) is 0.0455. The molecule has 1 saturated heterocycles. The summed E-state index contributed by atoms with van der Waals surface area (Å²) in [6, 6.07) is 16.5. The number of hydrogen-bond acceptors (Lipinski definition) is 4. The molecule has 0 unspecified atom stereocenters. The number of amides is 4. The highest BCUT2D eigenvalue weighted by atomic mass is 35.5. The summed E-state index contributed by atoms with van der Waals surface area (Å²) in [6.07, 6.45) is 1.32. The van der Waals surface area contributed by atoms with Crippen LogP contribution in [0.3, 0.4) is 0 Å². The van der Waals surface area contributed by atoms with E-state index in [4.69, 9.17) is 16.0 Å². The number of carbonyl (C=O) groups is 3. The van der Waals surface area contributed by atoms with Crippen molar-refractivity contribution >= 4 is 41.2 Å². The van der Waals surface area contributed by atoms with Gasteiger partial charge in [-0.1, -0.05) is 29.3 Å². The van der Waals surface area contributed by atoms with Gasteiger partial charge in [-0.05, 0) is 61.5 Å². The summed E-state index contributed by atoms with van der Waals surface area (Å²) in [5.41, 5.74) is 1.96. The van der Waals surface area contributed by atoms with E-state index in [1.807, 2.05) is 6.92 Å². The van der Waals surface area contributed by atoms with Crippen molar-refractivity contribution in [3.05, 3.63) is 82.6 Å². The molecule has 0 saturated carbocycles. The van der Waals surface area contributed by atoms with Crippen LogP contribution in [0.25, 0.3) is 17.4 Å². The van der Waals surface area contributed by atoms with Crippen molar-refractivity contribution in [3.8, 4) is 11.3 Å². The highest BCUT2D eigenvalue weighted by Crippen LogP contribution is 2.26. The maximum absolute atomic E-state index is 12.9. The van der Waals surface area contributed by atoms with Crippen molar-refractivity contribution in [2.24, 2.45) is 0 Å². The van der Waals surface area contributed by atoms with Crippen LogP contribution in [0.1, 0.15) is 11.3 Å². The third-order valence-corrected chi connectivity index (χ3v) is 4.69. The van der Waals surface area contributed by atoms with Gasteiger partial charge < -0.3 is 4.42 Å². The number of halogens is 1. The van der Waals surface area contributed by atoms with Crippen LogP contribution >= 0.6 is 11.6 Å². The number of urea groups is 1. The summed E-state index contributed by atoms with van der Waals surface area (Å²) in [5.74, 6) is -0.616. The minimum Gasteiger partial charge on any atom is -0.457 e. The lowest BCUT2D eigenvalue weighted by atomic mass is 10.1. The van der Waals surface area contributed by atoms with Gasteiger partial charge in [0.2, 0.25) is 0 Å². The van der Waals surface area contributed by atoms with Crippen LogP contribution in [0.2, 0.25) is 5.02 Å². The maximum Gasteiger partial charge on any atom is 0.335 e. The van der Waals surface area contributed by atoms with Crippen molar-refractivity contribution in [2.45, 2.75) is 6.92 Å². The van der Waals surface area contributed by atoms with Crippen LogP contribution in [0.15, 0.2) is 70.7 Å². The first-order chi connectivity index (χ1) is 13.9. The predicted octanol–water partition coefficient (Wildman–Crippen LogP) is 4.57. The average Bonchev–Trinajstić information content (AvgIpc) is 3.16. The molecule has 1 aliphatic rings. The molecule has 7 heteroatoms. The molecule has 1 aromatic heterocycles. The number of imide groups is 2. The first-order valence-corrected chi connectivity index (χ1v) is 9.14. The third kappa shape index (κ3) is 3.70. The van der Waals surface area contributed by atoms with Crippen molar-refractivity contribution < 1.29 is 18.8 Å². The zero-order valence-corrected chi connectivity index (χ0v) is 16.1. The normalized spacial score (nSPS) is 15.7. The lowest BCUT2D eigenvalue weighted by Crippen LogP contribution is -2.54. The van der Waals surface area contributed by atoms with Gasteiger partial charge in [-0.2, -0.15) is 0 Å². The van der Waals surface area contributed by atoms with Crippen LogP contribution in [-0.4, -0.2) is 17.8 Å². The second kappa shape index (κ2) is 7.41. The van der Waals surface area contributed by atoms with Gasteiger partial charge in [0.15, 0.2) is 0 Å². The molecule has 0 atom stereocenters. The van der Waals surface area contributed by atoms with E-state index in [9.17, 15) is 14.4 Å². The van der Waals surface area contributed by atoms with E-state index in [-0.39, 0.29) is 5.57 Å². The van der Waals surface area contributed by atoms with Crippen LogP contribution in [0.5, 0.6) is 0 Å². The number of hydrogen-bond donors (Lipinski definition) is 1. The molecule has 29 heavy (non-hydrogen) atoms. The van der Waals surface area contributed by atoms with Gasteiger partial charge in [-0.15, -0.1) is 0 Å². The molecule has 2 aromatic carbocycles. The van der Waals surface area contributed by atoms with E-state index in [0.29, 0.717) is 22.2 Å². The number of carbonyl (C=O) groups excluding carboxylic acids is 3. The lowest BCUT2D eigenvalue weighted by molar-refractivity contribution is -0.122. The fourth-order valence-corrected chi connectivity index (χ4v) is 3.05. The molecule has 4 rings (SSSR count). The molecule has 0 radical (unpaired) electrons. The average molecular weight is 407 g/mol. The molecular weight excluding hydrogens is 392 g/mol. The molecule has 1 fully saturated rings. The van der Waals surface area contributed by atoms with Crippen LogP contribution in [0.4, 0.5) is 10.5 Å². The Morgan fingerprint density at radius 3 is 2.31 bits per heavy atom. The van der Waals surface area contributed by atoms with E-state index < -0.39 is 17.8 Å². The molecule has 1 N–H and O–H groups in total. The molecule has 4 amide bonds. The number of nitrogens with zero attached hydrogens (tertiary/aromatic N) is 1. The summed E-state index contributed by atoms with van der Waals surface area (Å²) >= 11 is 5.90. The minimum atomic E-state index is -0.790. The molecule has 3 aromatic rings. The molecule has 0 bridgehead atoms. The highest BCUT2D eigenvalue weighted by molar-refractivity contribution is 6.39. The smallest absolute Gasteiger partial charge is 0.335 e. The second-order valence-corrected chi connectivity index (χ2v) is 6.94. The van der Waals surface area contributed by atoms with E-state index in [1.54, 1.807) is 60.7 Å². The second-order valence-electron chi connectivity index (χ2n) is 6.50. The molecule has 1 aliphatic heterocycles. The SMILES string of the molecule is Cc1ccc(N2C(=O)NC(=O)C(=Cc3ccc(-c4ccc(Cl)cc4)o3)C2=O)cc1. The zero-order valence-electron chi connectivity index (χ0n) is 15.3. The van der Waals surface area contributed by atoms with E-state index in [1.165, 1.54) is 6.08 Å². The Kier molecular flexibility index (Phi) is 4.78. The summed E-state index contributed by atoms with van der Waals surface area (Å²) in [6.45, 7) is 1.89. The molecule has 144 valence electrons. The summed E-state index contributed by atoms with van der Waals surface area (Å²) < 4.78 is 5.74. The molecule has 6 nitrogen and oxygen atoms in total. The number of rotatable bonds is 3. The number of barbiturate groups is 1. The number of furan rings is 1. The Bertz CT molecular complexity index is 1140. The molecule has 0 spiro atoms. The van der Waals surface area contributed by atoms with Gasteiger partial charge >= 0.3 is 6.03 Å². The van der Waals surface area contributed by atoms with Gasteiger partial charge in [-0.25, -0.2) is 9.69 Å². The first-order valence-electron chi connectivity index (χ1n) is 8.76. The highest BCUT2D eigenvalue weighted by Gasteiger charge is 2.37. The first kappa shape index (κ1) is 18.7. The topological polar surface area (TPSA) is 79.6 Å². The monoisotopic (exact) mass is 406 g/mol. The van der Waals surface area contributed by atoms with Crippen molar-refractivity contribution in [3.63, 3.8) is 0 Å². The van der Waals surface area contributed by atoms with Crippen molar-refractivity contribution in [1.82, 2.24) is 5.32 Å². The summed E-state index contributed by atoms with van der Waals surface area (Å²) in [4.78, 5) is 38.3. The predicted molar refractivity (Wildman–Crippen MR) is 109 cm³/mol. The lowest BCUT2D eigenvalue weighted by Gasteiger charge is -2.26. The Hall–Kier alpha value is -3.64. The Labute approximate surface area is 171 Å². The van der Waals surface area contributed by atoms with Gasteiger partial charge in [0.05, 0.1) is 5.69 Å². The molecular formula is C22H15ClN2O4. The quantitative estimate of drug-likeness (QED) is 0.510. The van der Waals surface area contributed by atoms with E-state index in [0.717, 1.165) is 16.0 Å². The largest absolute Gasteiger partial charge is 0.457 e. The molecule has 0 aliphatic carbocycles. The van der Waals surface area contributed by atoms with Gasteiger partial charge in [0.25, 0.3) is 11.8 Å². The summed E-state index contributed by atoms with van der Waals surface area (Å²) in [7, 11) is 0. The number of aryl methyl sites for hydroxylation is 1. The number of benzene rings is 2. The third-order valence-electron chi connectivity index (χ3n) is 4.44. The van der Waals surface area contributed by atoms with Crippen LogP contribution in [-0.2, 0) is 9.59 Å². The Morgan fingerprint density at radius 2 is 1.62 bits per heavy atom. The summed E-state index contributed by atoms with van der Waals surface area (Å²) in [5, 5.41) is 2.80. The van der Waals surface area contributed by atoms with Crippen molar-refractivity contribution in [2.75, 3.05) is 4.90 Å². The standard InChI is InChI=1S/C22H15ClN2O4/c1-13-2-8-16(9-3-13)25-21(27)18(20(26)24-22(25)28)12-17-10-11-19(29-17)14-4-6-15(23)7-5-14/h2-12H,1H3,(H,24,26,28). The Morgan fingerprint density at radius 1 is 0.931 bits per heavy atom.